The molecule has 0 atom stereocenters. The first-order chi connectivity index (χ1) is 14.1. The molecule has 1 aromatic heterocycles. The van der Waals surface area contributed by atoms with Crippen LogP contribution in [0.1, 0.15) is 28.1 Å². The first kappa shape index (κ1) is 17.3. The molecule has 0 saturated heterocycles. The van der Waals surface area contributed by atoms with Crippen molar-refractivity contribution in [2.24, 2.45) is 4.99 Å². The van der Waals surface area contributed by atoms with E-state index < -0.39 is 0 Å². The summed E-state index contributed by atoms with van der Waals surface area (Å²) in [5, 5.41) is 0.612. The highest BCUT2D eigenvalue weighted by molar-refractivity contribution is 6.00. The highest BCUT2D eigenvalue weighted by atomic mass is 16.1. The Morgan fingerprint density at radius 2 is 1.62 bits per heavy atom. The molecule has 3 aromatic carbocycles. The highest BCUT2D eigenvalue weighted by Crippen LogP contribution is 2.31. The summed E-state index contributed by atoms with van der Waals surface area (Å²) in [6, 6.07) is 19.6. The fourth-order valence-corrected chi connectivity index (χ4v) is 3.84. The molecule has 0 saturated carbocycles. The third-order valence-electron chi connectivity index (χ3n) is 5.31. The number of aryl methyl sites for hydroxylation is 2. The SMILES string of the molecule is Cc1cccc(C)c1-n1c(/C=C/c2cccc3c2N=C3)nc2ccccc2c1=O. The van der Waals surface area contributed by atoms with Crippen molar-refractivity contribution in [2.45, 2.75) is 13.8 Å². The molecule has 4 nitrogen and oxygen atoms in total. The largest absolute Gasteiger partial charge is 0.268 e. The van der Waals surface area contributed by atoms with Crippen LogP contribution < -0.4 is 5.56 Å². The average molecular weight is 377 g/mol. The van der Waals surface area contributed by atoms with Gasteiger partial charge in [-0.2, -0.15) is 0 Å². The Hall–Kier alpha value is -3.79. The van der Waals surface area contributed by atoms with Gasteiger partial charge in [-0.25, -0.2) is 4.98 Å². The molecule has 0 aliphatic carbocycles. The van der Waals surface area contributed by atoms with Gasteiger partial charge < -0.3 is 0 Å². The standard InChI is InChI=1S/C25H19N3O/c1-16-7-5-8-17(2)24(16)28-22(27-21-12-4-3-11-20(21)25(28)29)14-13-18-9-6-10-19-15-26-23(18)19/h3-15H,1-2H3/b14-13+. The first-order valence-corrected chi connectivity index (χ1v) is 9.57. The molecule has 0 bridgehead atoms. The summed E-state index contributed by atoms with van der Waals surface area (Å²) in [6.07, 6.45) is 5.74. The molecule has 1 aliphatic rings. The van der Waals surface area contributed by atoms with E-state index in [9.17, 15) is 4.79 Å². The molecule has 0 N–H and O–H groups in total. The summed E-state index contributed by atoms with van der Waals surface area (Å²) in [5.74, 6) is 0.604. The molecule has 140 valence electrons. The molecule has 0 amide bonds. The predicted octanol–water partition coefficient (Wildman–Crippen LogP) is 5.24. The second-order valence-corrected chi connectivity index (χ2v) is 7.24. The quantitative estimate of drug-likeness (QED) is 0.432. The molecule has 4 heteroatoms. The van der Waals surface area contributed by atoms with Gasteiger partial charge in [0.05, 0.1) is 22.3 Å². The van der Waals surface area contributed by atoms with E-state index in [0.717, 1.165) is 33.6 Å². The van der Waals surface area contributed by atoms with E-state index in [-0.39, 0.29) is 5.56 Å². The van der Waals surface area contributed by atoms with Gasteiger partial charge in [-0.05, 0) is 49.3 Å². The van der Waals surface area contributed by atoms with Crippen LogP contribution in [0.25, 0.3) is 28.7 Å². The third-order valence-corrected chi connectivity index (χ3v) is 5.31. The fourth-order valence-electron chi connectivity index (χ4n) is 3.84. The van der Waals surface area contributed by atoms with Crippen LogP contribution in [0.4, 0.5) is 5.69 Å². The van der Waals surface area contributed by atoms with E-state index in [1.807, 2.05) is 92.9 Å². The maximum Gasteiger partial charge on any atom is 0.266 e. The van der Waals surface area contributed by atoms with Gasteiger partial charge in [0, 0.05) is 17.3 Å². The molecule has 0 radical (unpaired) electrons. The minimum absolute atomic E-state index is 0.0632. The van der Waals surface area contributed by atoms with Crippen molar-refractivity contribution >= 4 is 35.0 Å². The zero-order valence-electron chi connectivity index (χ0n) is 16.3. The van der Waals surface area contributed by atoms with Gasteiger partial charge in [0.2, 0.25) is 0 Å². The number of benzene rings is 3. The maximum absolute atomic E-state index is 13.5. The van der Waals surface area contributed by atoms with Gasteiger partial charge in [-0.15, -0.1) is 0 Å². The van der Waals surface area contributed by atoms with Crippen LogP contribution in [-0.2, 0) is 0 Å². The molecule has 0 unspecified atom stereocenters. The van der Waals surface area contributed by atoms with Crippen LogP contribution in [-0.4, -0.2) is 15.8 Å². The van der Waals surface area contributed by atoms with Gasteiger partial charge in [0.1, 0.15) is 5.82 Å². The number of hydrogen-bond acceptors (Lipinski definition) is 3. The lowest BCUT2D eigenvalue weighted by molar-refractivity contribution is 0.924. The van der Waals surface area contributed by atoms with Gasteiger partial charge >= 0.3 is 0 Å². The molecule has 29 heavy (non-hydrogen) atoms. The van der Waals surface area contributed by atoms with Crippen molar-refractivity contribution in [3.05, 3.63) is 99.1 Å². The van der Waals surface area contributed by atoms with Gasteiger partial charge in [-0.3, -0.25) is 14.4 Å². The van der Waals surface area contributed by atoms with Crippen LogP contribution >= 0.6 is 0 Å². The van der Waals surface area contributed by atoms with Gasteiger partial charge in [-0.1, -0.05) is 48.5 Å². The van der Waals surface area contributed by atoms with Crippen LogP contribution in [0.3, 0.4) is 0 Å². The van der Waals surface area contributed by atoms with Crippen LogP contribution in [0.5, 0.6) is 0 Å². The molecular weight excluding hydrogens is 358 g/mol. The Kier molecular flexibility index (Phi) is 3.98. The lowest BCUT2D eigenvalue weighted by atomic mass is 10.0. The number of nitrogens with zero attached hydrogens (tertiary/aromatic N) is 3. The van der Waals surface area contributed by atoms with E-state index in [2.05, 4.69) is 4.99 Å². The molecular formula is C25H19N3O. The second-order valence-electron chi connectivity index (χ2n) is 7.24. The Balaban J connectivity index is 1.77. The smallest absolute Gasteiger partial charge is 0.266 e. The van der Waals surface area contributed by atoms with Crippen molar-refractivity contribution in [1.82, 2.24) is 9.55 Å². The number of aliphatic imine (C=N–C) groups is 1. The van der Waals surface area contributed by atoms with E-state index in [1.54, 1.807) is 4.57 Å². The first-order valence-electron chi connectivity index (χ1n) is 9.57. The second kappa shape index (κ2) is 6.67. The minimum Gasteiger partial charge on any atom is -0.268 e. The predicted molar refractivity (Wildman–Crippen MR) is 119 cm³/mol. The van der Waals surface area contributed by atoms with E-state index in [1.165, 1.54) is 0 Å². The number of aromatic nitrogens is 2. The van der Waals surface area contributed by atoms with E-state index in [0.29, 0.717) is 16.7 Å². The summed E-state index contributed by atoms with van der Waals surface area (Å²) in [4.78, 5) is 22.6. The zero-order chi connectivity index (χ0) is 20.0. The lowest BCUT2D eigenvalue weighted by Gasteiger charge is -2.16. The zero-order valence-corrected chi connectivity index (χ0v) is 16.3. The summed E-state index contributed by atoms with van der Waals surface area (Å²) >= 11 is 0. The van der Waals surface area contributed by atoms with E-state index in [4.69, 9.17) is 4.98 Å². The Bertz CT molecular complexity index is 1370. The number of fused-ring (bicyclic) bond motifs is 2. The van der Waals surface area contributed by atoms with Crippen LogP contribution in [0, 0.1) is 13.8 Å². The Morgan fingerprint density at radius 3 is 2.38 bits per heavy atom. The maximum atomic E-state index is 13.5. The van der Waals surface area contributed by atoms with Gasteiger partial charge in [0.25, 0.3) is 5.56 Å². The molecule has 0 fully saturated rings. The summed E-state index contributed by atoms with van der Waals surface area (Å²) < 4.78 is 1.72. The van der Waals surface area contributed by atoms with Gasteiger partial charge in [0.15, 0.2) is 0 Å². The summed E-state index contributed by atoms with van der Waals surface area (Å²) in [5.41, 5.74) is 6.70. The Morgan fingerprint density at radius 1 is 0.862 bits per heavy atom. The topological polar surface area (TPSA) is 47.2 Å². The summed E-state index contributed by atoms with van der Waals surface area (Å²) in [6.45, 7) is 4.04. The highest BCUT2D eigenvalue weighted by Gasteiger charge is 2.15. The number of rotatable bonds is 3. The monoisotopic (exact) mass is 377 g/mol. The van der Waals surface area contributed by atoms with Crippen LogP contribution in [0.2, 0.25) is 0 Å². The van der Waals surface area contributed by atoms with Crippen LogP contribution in [0.15, 0.2) is 70.5 Å². The normalized spacial score (nSPS) is 12.3. The number of para-hydroxylation sites is 3. The average Bonchev–Trinajstić information content (AvgIpc) is 2.69. The van der Waals surface area contributed by atoms with Crippen molar-refractivity contribution in [3.63, 3.8) is 0 Å². The minimum atomic E-state index is -0.0632. The summed E-state index contributed by atoms with van der Waals surface area (Å²) in [7, 11) is 0. The van der Waals surface area contributed by atoms with Crippen molar-refractivity contribution in [3.8, 4) is 5.69 Å². The molecule has 1 aliphatic heterocycles. The third kappa shape index (κ3) is 2.81. The number of hydrogen-bond donors (Lipinski definition) is 0. The lowest BCUT2D eigenvalue weighted by Crippen LogP contribution is -2.23. The molecule has 5 rings (SSSR count). The van der Waals surface area contributed by atoms with Crippen molar-refractivity contribution < 1.29 is 0 Å². The molecule has 4 aromatic rings. The van der Waals surface area contributed by atoms with Crippen molar-refractivity contribution in [2.75, 3.05) is 0 Å². The Labute approximate surface area is 168 Å². The molecule has 0 spiro atoms. The molecule has 2 heterocycles. The van der Waals surface area contributed by atoms with E-state index >= 15 is 0 Å². The van der Waals surface area contributed by atoms with Crippen molar-refractivity contribution in [1.29, 1.82) is 0 Å². The fraction of sp³-hybridized carbons (Fsp3) is 0.0800.